The third-order valence-corrected chi connectivity index (χ3v) is 5.33. The Morgan fingerprint density at radius 3 is 2.73 bits per heavy atom. The molecule has 5 nitrogen and oxygen atoms in total. The van der Waals surface area contributed by atoms with Gasteiger partial charge < -0.3 is 4.57 Å². The van der Waals surface area contributed by atoms with Crippen LogP contribution in [-0.4, -0.2) is 36.8 Å². The first kappa shape index (κ1) is 17.0. The number of imidazole rings is 1. The molecule has 1 aromatic carbocycles. The molecular formula is C21H27N5. The quantitative estimate of drug-likeness (QED) is 0.684. The SMILES string of the molecule is Cc1cc(C)n(CC2CCCN2Cc2nccn2Cc2ccccc2)n1. The lowest BCUT2D eigenvalue weighted by atomic mass is 10.2. The highest BCUT2D eigenvalue weighted by Gasteiger charge is 2.26. The largest absolute Gasteiger partial charge is 0.329 e. The molecule has 3 heterocycles. The van der Waals surface area contributed by atoms with E-state index in [0.29, 0.717) is 6.04 Å². The molecule has 0 amide bonds. The smallest absolute Gasteiger partial charge is 0.123 e. The van der Waals surface area contributed by atoms with Crippen LogP contribution in [0.25, 0.3) is 0 Å². The van der Waals surface area contributed by atoms with E-state index in [1.54, 1.807) is 0 Å². The topological polar surface area (TPSA) is 38.9 Å². The molecule has 0 radical (unpaired) electrons. The fourth-order valence-electron chi connectivity index (χ4n) is 3.97. The summed E-state index contributed by atoms with van der Waals surface area (Å²) in [5, 5.41) is 4.65. The molecule has 2 aromatic heterocycles. The van der Waals surface area contributed by atoms with E-state index in [0.717, 1.165) is 37.7 Å². The van der Waals surface area contributed by atoms with Crippen molar-refractivity contribution in [3.8, 4) is 0 Å². The Bertz CT molecular complexity index is 848. The van der Waals surface area contributed by atoms with Crippen LogP contribution in [0, 0.1) is 13.8 Å². The van der Waals surface area contributed by atoms with Gasteiger partial charge in [0.15, 0.2) is 0 Å². The molecule has 1 aliphatic rings. The van der Waals surface area contributed by atoms with Gasteiger partial charge in [-0.1, -0.05) is 30.3 Å². The Morgan fingerprint density at radius 2 is 1.96 bits per heavy atom. The highest BCUT2D eigenvalue weighted by atomic mass is 15.3. The lowest BCUT2D eigenvalue weighted by molar-refractivity contribution is 0.211. The second-order valence-electron chi connectivity index (χ2n) is 7.33. The minimum Gasteiger partial charge on any atom is -0.329 e. The van der Waals surface area contributed by atoms with Crippen LogP contribution in [0.2, 0.25) is 0 Å². The zero-order chi connectivity index (χ0) is 17.9. The van der Waals surface area contributed by atoms with Crippen LogP contribution in [0.4, 0.5) is 0 Å². The van der Waals surface area contributed by atoms with Gasteiger partial charge in [0.05, 0.1) is 18.8 Å². The first-order chi connectivity index (χ1) is 12.7. The molecule has 0 saturated carbocycles. The highest BCUT2D eigenvalue weighted by molar-refractivity contribution is 5.16. The summed E-state index contributed by atoms with van der Waals surface area (Å²) in [6, 6.07) is 13.3. The average Bonchev–Trinajstić information content (AvgIpc) is 3.33. The predicted octanol–water partition coefficient (Wildman–Crippen LogP) is 3.41. The van der Waals surface area contributed by atoms with Crippen molar-refractivity contribution < 1.29 is 0 Å². The molecule has 1 unspecified atom stereocenters. The third kappa shape index (κ3) is 3.73. The fourth-order valence-corrected chi connectivity index (χ4v) is 3.97. The van der Waals surface area contributed by atoms with Gasteiger partial charge in [0.25, 0.3) is 0 Å². The van der Waals surface area contributed by atoms with Crippen LogP contribution in [0.5, 0.6) is 0 Å². The molecule has 0 N–H and O–H groups in total. The summed E-state index contributed by atoms with van der Waals surface area (Å²) in [6.45, 7) is 8.11. The standard InChI is InChI=1S/C21H27N5/c1-17-13-18(2)26(23-17)15-20-9-6-11-24(20)16-21-22-10-12-25(21)14-19-7-4-3-5-8-19/h3-5,7-8,10,12-13,20H,6,9,11,14-16H2,1-2H3. The molecule has 1 fully saturated rings. The molecule has 1 aliphatic heterocycles. The van der Waals surface area contributed by atoms with Gasteiger partial charge in [-0.15, -0.1) is 0 Å². The molecular weight excluding hydrogens is 322 g/mol. The zero-order valence-electron chi connectivity index (χ0n) is 15.7. The monoisotopic (exact) mass is 349 g/mol. The maximum atomic E-state index is 4.65. The van der Waals surface area contributed by atoms with E-state index < -0.39 is 0 Å². The van der Waals surface area contributed by atoms with Crippen molar-refractivity contribution in [3.63, 3.8) is 0 Å². The van der Waals surface area contributed by atoms with Gasteiger partial charge in [-0.05, 0) is 44.9 Å². The fraction of sp³-hybridized carbons (Fsp3) is 0.429. The van der Waals surface area contributed by atoms with E-state index in [1.165, 1.54) is 24.1 Å². The first-order valence-electron chi connectivity index (χ1n) is 9.48. The minimum absolute atomic E-state index is 0.537. The Kier molecular flexibility index (Phi) is 4.89. The van der Waals surface area contributed by atoms with Crippen molar-refractivity contribution in [3.05, 3.63) is 71.6 Å². The number of hydrogen-bond donors (Lipinski definition) is 0. The maximum absolute atomic E-state index is 4.65. The van der Waals surface area contributed by atoms with Gasteiger partial charge in [0.2, 0.25) is 0 Å². The van der Waals surface area contributed by atoms with Gasteiger partial charge in [0, 0.05) is 30.7 Å². The lowest BCUT2D eigenvalue weighted by Gasteiger charge is -2.25. The van der Waals surface area contributed by atoms with Crippen molar-refractivity contribution in [1.29, 1.82) is 0 Å². The summed E-state index contributed by atoms with van der Waals surface area (Å²) in [6.07, 6.45) is 6.50. The third-order valence-electron chi connectivity index (χ3n) is 5.33. The first-order valence-corrected chi connectivity index (χ1v) is 9.48. The number of rotatable bonds is 6. The number of likely N-dealkylation sites (tertiary alicyclic amines) is 1. The van der Waals surface area contributed by atoms with Crippen LogP contribution in [0.3, 0.4) is 0 Å². The summed E-state index contributed by atoms with van der Waals surface area (Å²) in [5.74, 6) is 1.15. The molecule has 4 rings (SSSR count). The number of benzene rings is 1. The van der Waals surface area contributed by atoms with Gasteiger partial charge in [-0.3, -0.25) is 9.58 Å². The maximum Gasteiger partial charge on any atom is 0.123 e. The molecule has 3 aromatic rings. The Morgan fingerprint density at radius 1 is 1.12 bits per heavy atom. The van der Waals surface area contributed by atoms with Crippen LogP contribution in [-0.2, 0) is 19.6 Å². The Hall–Kier alpha value is -2.40. The van der Waals surface area contributed by atoms with Crippen LogP contribution < -0.4 is 0 Å². The van der Waals surface area contributed by atoms with Crippen LogP contribution >= 0.6 is 0 Å². The lowest BCUT2D eigenvalue weighted by Crippen LogP contribution is -2.34. The number of hydrogen-bond acceptors (Lipinski definition) is 3. The second kappa shape index (κ2) is 7.46. The number of nitrogens with zero attached hydrogens (tertiary/aromatic N) is 5. The van der Waals surface area contributed by atoms with E-state index in [-0.39, 0.29) is 0 Å². The zero-order valence-corrected chi connectivity index (χ0v) is 15.7. The highest BCUT2D eigenvalue weighted by Crippen LogP contribution is 2.22. The van der Waals surface area contributed by atoms with E-state index in [2.05, 4.69) is 80.7 Å². The molecule has 1 saturated heterocycles. The Balaban J connectivity index is 1.45. The van der Waals surface area contributed by atoms with Crippen molar-refractivity contribution in [1.82, 2.24) is 24.2 Å². The van der Waals surface area contributed by atoms with Gasteiger partial charge in [-0.25, -0.2) is 4.98 Å². The van der Waals surface area contributed by atoms with Gasteiger partial charge in [-0.2, -0.15) is 5.10 Å². The average molecular weight is 349 g/mol. The normalized spacial score (nSPS) is 17.8. The number of aryl methyl sites for hydroxylation is 2. The summed E-state index contributed by atoms with van der Waals surface area (Å²) < 4.78 is 4.43. The van der Waals surface area contributed by atoms with E-state index in [4.69, 9.17) is 0 Å². The molecule has 5 heteroatoms. The summed E-state index contributed by atoms with van der Waals surface area (Å²) >= 11 is 0. The van der Waals surface area contributed by atoms with E-state index in [1.807, 2.05) is 6.20 Å². The van der Waals surface area contributed by atoms with Crippen molar-refractivity contribution >= 4 is 0 Å². The summed E-state index contributed by atoms with van der Waals surface area (Å²) in [7, 11) is 0. The summed E-state index contributed by atoms with van der Waals surface area (Å²) in [4.78, 5) is 7.21. The Labute approximate surface area is 155 Å². The molecule has 0 spiro atoms. The van der Waals surface area contributed by atoms with Crippen LogP contribution in [0.1, 0.15) is 35.6 Å². The number of aromatic nitrogens is 4. The van der Waals surface area contributed by atoms with Crippen LogP contribution in [0.15, 0.2) is 48.8 Å². The van der Waals surface area contributed by atoms with Gasteiger partial charge in [0.1, 0.15) is 5.82 Å². The second-order valence-corrected chi connectivity index (χ2v) is 7.33. The minimum atomic E-state index is 0.537. The van der Waals surface area contributed by atoms with Crippen molar-refractivity contribution in [2.45, 2.75) is 52.4 Å². The molecule has 136 valence electrons. The van der Waals surface area contributed by atoms with E-state index >= 15 is 0 Å². The molecule has 0 bridgehead atoms. The molecule has 1 atom stereocenters. The van der Waals surface area contributed by atoms with E-state index in [9.17, 15) is 0 Å². The van der Waals surface area contributed by atoms with Crippen molar-refractivity contribution in [2.75, 3.05) is 6.54 Å². The van der Waals surface area contributed by atoms with Crippen molar-refractivity contribution in [2.24, 2.45) is 0 Å². The predicted molar refractivity (Wildman–Crippen MR) is 103 cm³/mol. The molecule has 26 heavy (non-hydrogen) atoms. The van der Waals surface area contributed by atoms with Gasteiger partial charge >= 0.3 is 0 Å². The summed E-state index contributed by atoms with van der Waals surface area (Å²) in [5.41, 5.74) is 3.66. The molecule has 0 aliphatic carbocycles.